The summed E-state index contributed by atoms with van der Waals surface area (Å²) < 4.78 is 38.2. The molecule has 5 atom stereocenters. The Morgan fingerprint density at radius 2 is 2.02 bits per heavy atom. The van der Waals surface area contributed by atoms with Crippen LogP contribution in [-0.2, 0) is 11.2 Å². The van der Waals surface area contributed by atoms with Crippen LogP contribution in [0.2, 0.25) is 5.02 Å². The van der Waals surface area contributed by atoms with Gasteiger partial charge < -0.3 is 14.9 Å². The molecule has 4 aliphatic carbocycles. The minimum Gasteiger partial charge on any atom is -0.512 e. The number of ether oxygens (including phenoxy) is 1. The lowest BCUT2D eigenvalue weighted by molar-refractivity contribution is -0.00512. The van der Waals surface area contributed by atoms with Crippen LogP contribution in [0.4, 0.5) is 8.78 Å². The van der Waals surface area contributed by atoms with Crippen molar-refractivity contribution in [3.63, 3.8) is 0 Å². The first-order valence-electron chi connectivity index (χ1n) is 14.0. The standard InChI is InChI=1S/C31H30ClF2N3O4/c32-22-2-1-3-23(33)26(22)27(35)19(28(38)17-4-5-17)14-41-15-30(34)10-18-11-31(18)20(21(31)12-30)8-16-6-7-37-24(29(39)40)13-36-25(37)9-16/h1-3,6-7,9,13,17-18,20-21,35,38H,4-5,8,10-12,14-15H2,(H,39,40)/b28-19-,35-27?. The third kappa shape index (κ3) is 4.45. The zero-order valence-electron chi connectivity index (χ0n) is 22.2. The summed E-state index contributed by atoms with van der Waals surface area (Å²) in [6.07, 6.45) is 7.26. The van der Waals surface area contributed by atoms with E-state index < -0.39 is 17.5 Å². The van der Waals surface area contributed by atoms with Crippen molar-refractivity contribution in [1.29, 1.82) is 5.41 Å². The van der Waals surface area contributed by atoms with Crippen LogP contribution in [0.1, 0.15) is 53.7 Å². The first-order valence-corrected chi connectivity index (χ1v) is 14.4. The molecule has 0 radical (unpaired) electrons. The highest BCUT2D eigenvalue weighted by atomic mass is 35.5. The van der Waals surface area contributed by atoms with Gasteiger partial charge in [0, 0.05) is 17.7 Å². The lowest BCUT2D eigenvalue weighted by atomic mass is 9.87. The lowest BCUT2D eigenvalue weighted by Gasteiger charge is -2.29. The number of pyridine rings is 1. The Hall–Kier alpha value is -3.30. The molecule has 41 heavy (non-hydrogen) atoms. The third-order valence-electron chi connectivity index (χ3n) is 9.80. The molecule has 214 valence electrons. The Morgan fingerprint density at radius 1 is 1.22 bits per heavy atom. The molecular formula is C31H30ClF2N3O4. The van der Waals surface area contributed by atoms with E-state index in [0.717, 1.165) is 31.2 Å². The molecule has 3 N–H and O–H groups in total. The Bertz CT molecular complexity index is 1610. The Balaban J connectivity index is 1.02. The zero-order chi connectivity index (χ0) is 28.7. The lowest BCUT2D eigenvalue weighted by Crippen LogP contribution is -2.34. The van der Waals surface area contributed by atoms with E-state index in [-0.39, 0.29) is 63.8 Å². The van der Waals surface area contributed by atoms with Crippen molar-refractivity contribution < 1.29 is 28.5 Å². The van der Waals surface area contributed by atoms with Crippen LogP contribution >= 0.6 is 11.6 Å². The Kier molecular flexibility index (Phi) is 6.07. The summed E-state index contributed by atoms with van der Waals surface area (Å²) in [6, 6.07) is 8.00. The molecule has 0 saturated heterocycles. The van der Waals surface area contributed by atoms with Gasteiger partial charge in [-0.15, -0.1) is 0 Å². The van der Waals surface area contributed by atoms with Crippen molar-refractivity contribution in [3.8, 4) is 0 Å². The molecule has 2 aromatic heterocycles. The smallest absolute Gasteiger partial charge is 0.354 e. The van der Waals surface area contributed by atoms with Crippen LogP contribution in [0.5, 0.6) is 0 Å². The Labute approximate surface area is 240 Å². The number of allylic oxidation sites excluding steroid dienone is 1. The maximum atomic E-state index is 16.2. The van der Waals surface area contributed by atoms with E-state index in [1.54, 1.807) is 10.6 Å². The number of aliphatic hydroxyl groups excluding tert-OH is 1. The van der Waals surface area contributed by atoms with Crippen LogP contribution < -0.4 is 0 Å². The zero-order valence-corrected chi connectivity index (χ0v) is 23.0. The fraction of sp³-hybridized carbons (Fsp3) is 0.452. The average molecular weight is 582 g/mol. The highest BCUT2D eigenvalue weighted by molar-refractivity contribution is 6.35. The van der Waals surface area contributed by atoms with E-state index >= 15 is 4.39 Å². The quantitative estimate of drug-likeness (QED) is 0.189. The number of carboxylic acid groups (broad SMARTS) is 1. The number of carbonyl (C=O) groups is 1. The van der Waals surface area contributed by atoms with Gasteiger partial charge >= 0.3 is 5.97 Å². The van der Waals surface area contributed by atoms with E-state index in [1.807, 2.05) is 12.1 Å². The molecule has 4 aliphatic rings. The largest absolute Gasteiger partial charge is 0.512 e. The maximum Gasteiger partial charge on any atom is 0.354 e. The van der Waals surface area contributed by atoms with Crippen LogP contribution in [0.25, 0.3) is 5.65 Å². The van der Waals surface area contributed by atoms with Crippen molar-refractivity contribution in [2.75, 3.05) is 13.2 Å². The van der Waals surface area contributed by atoms with Gasteiger partial charge in [0.15, 0.2) is 5.69 Å². The van der Waals surface area contributed by atoms with E-state index in [9.17, 15) is 19.4 Å². The number of imidazole rings is 1. The average Bonchev–Trinajstić information content (AvgIpc) is 3.87. The molecule has 0 aliphatic heterocycles. The number of nitrogens with one attached hydrogen (secondary N) is 1. The van der Waals surface area contributed by atoms with Crippen molar-refractivity contribution in [2.24, 2.45) is 29.1 Å². The van der Waals surface area contributed by atoms with Gasteiger partial charge in [-0.1, -0.05) is 17.7 Å². The van der Waals surface area contributed by atoms with Crippen LogP contribution in [-0.4, -0.2) is 50.2 Å². The van der Waals surface area contributed by atoms with Gasteiger partial charge in [0.1, 0.15) is 22.9 Å². The Morgan fingerprint density at radius 3 is 2.76 bits per heavy atom. The minimum absolute atomic E-state index is 0.000686. The summed E-state index contributed by atoms with van der Waals surface area (Å²) in [5.74, 6) is -0.851. The second-order valence-electron chi connectivity index (χ2n) is 12.3. The summed E-state index contributed by atoms with van der Waals surface area (Å²) in [6.45, 7) is -0.343. The van der Waals surface area contributed by atoms with Gasteiger partial charge in [0.25, 0.3) is 0 Å². The number of alkyl halides is 1. The normalized spacial score (nSPS) is 30.4. The second kappa shape index (κ2) is 9.36. The number of benzene rings is 1. The summed E-state index contributed by atoms with van der Waals surface area (Å²) in [4.78, 5) is 15.6. The predicted molar refractivity (Wildman–Crippen MR) is 148 cm³/mol. The number of nitrogens with zero attached hydrogens (tertiary/aromatic N) is 2. The monoisotopic (exact) mass is 581 g/mol. The van der Waals surface area contributed by atoms with Crippen molar-refractivity contribution in [1.82, 2.24) is 9.38 Å². The number of aromatic carboxylic acids is 1. The SMILES string of the molecule is N=C(/C(COCC1(F)CC2CC23C(Cc2ccn4c(C(=O)O)cnc4c2)C3C1)=C(\O)C1CC1)c1c(F)cccc1Cl. The number of aromatic nitrogens is 2. The second-order valence-corrected chi connectivity index (χ2v) is 12.7. The van der Waals surface area contributed by atoms with Gasteiger partial charge in [-0.3, -0.25) is 9.81 Å². The van der Waals surface area contributed by atoms with E-state index in [4.69, 9.17) is 21.7 Å². The van der Waals surface area contributed by atoms with Crippen LogP contribution in [0, 0.1) is 40.3 Å². The minimum atomic E-state index is -1.51. The highest BCUT2D eigenvalue weighted by Crippen LogP contribution is 2.84. The molecule has 7 nitrogen and oxygen atoms in total. The van der Waals surface area contributed by atoms with Crippen LogP contribution in [0.15, 0.2) is 54.1 Å². The molecule has 0 bridgehead atoms. The van der Waals surface area contributed by atoms with Crippen molar-refractivity contribution >= 4 is 28.9 Å². The molecule has 2 heterocycles. The summed E-state index contributed by atoms with van der Waals surface area (Å²) in [5.41, 5.74) is 0.285. The fourth-order valence-electron chi connectivity index (χ4n) is 7.53. The van der Waals surface area contributed by atoms with Gasteiger partial charge in [0.2, 0.25) is 0 Å². The van der Waals surface area contributed by atoms with Gasteiger partial charge in [0.05, 0.1) is 35.7 Å². The molecule has 10 heteroatoms. The first kappa shape index (κ1) is 26.6. The molecule has 5 unspecified atom stereocenters. The molecule has 4 saturated carbocycles. The van der Waals surface area contributed by atoms with E-state index in [2.05, 4.69) is 4.98 Å². The summed E-state index contributed by atoms with van der Waals surface area (Å²) >= 11 is 6.19. The molecule has 4 fully saturated rings. The topological polar surface area (TPSA) is 108 Å². The number of rotatable bonds is 10. The van der Waals surface area contributed by atoms with Gasteiger partial charge in [-0.25, -0.2) is 18.6 Å². The van der Waals surface area contributed by atoms with Crippen molar-refractivity contribution in [2.45, 2.75) is 44.2 Å². The number of halogens is 3. The third-order valence-corrected chi connectivity index (χ3v) is 10.1. The summed E-state index contributed by atoms with van der Waals surface area (Å²) in [5, 5.41) is 28.8. The molecular weight excluding hydrogens is 552 g/mol. The molecule has 1 aromatic carbocycles. The number of hydrogen-bond acceptors (Lipinski definition) is 5. The van der Waals surface area contributed by atoms with E-state index in [0.29, 0.717) is 30.3 Å². The predicted octanol–water partition coefficient (Wildman–Crippen LogP) is 6.43. The van der Waals surface area contributed by atoms with Crippen molar-refractivity contribution in [3.05, 3.63) is 81.7 Å². The number of aliphatic hydroxyl groups is 1. The molecule has 3 aromatic rings. The highest BCUT2D eigenvalue weighted by Gasteiger charge is 2.80. The maximum absolute atomic E-state index is 16.2. The fourth-order valence-corrected chi connectivity index (χ4v) is 7.79. The first-order chi connectivity index (χ1) is 19.6. The van der Waals surface area contributed by atoms with Gasteiger partial charge in [-0.05, 0) is 91.5 Å². The molecule has 1 spiro atoms. The molecule has 0 amide bonds. The van der Waals surface area contributed by atoms with Crippen LogP contribution in [0.3, 0.4) is 0 Å². The number of hydrogen-bond donors (Lipinski definition) is 3. The van der Waals surface area contributed by atoms with Gasteiger partial charge in [-0.2, -0.15) is 0 Å². The number of fused-ring (bicyclic) bond motifs is 1. The van der Waals surface area contributed by atoms with E-state index in [1.165, 1.54) is 24.4 Å². The molecule has 7 rings (SSSR count). The number of carboxylic acids is 1. The summed E-state index contributed by atoms with van der Waals surface area (Å²) in [7, 11) is 0.